The quantitative estimate of drug-likeness (QED) is 0.615. The molecule has 6 heteroatoms. The van der Waals surface area contributed by atoms with Crippen molar-refractivity contribution < 1.29 is 13.2 Å². The van der Waals surface area contributed by atoms with Gasteiger partial charge in [-0.25, -0.2) is 8.42 Å². The summed E-state index contributed by atoms with van der Waals surface area (Å²) in [6.07, 6.45) is 0.563. The third kappa shape index (κ3) is 9.11. The van der Waals surface area contributed by atoms with Gasteiger partial charge in [0.2, 0.25) is 9.05 Å². The van der Waals surface area contributed by atoms with E-state index in [2.05, 4.69) is 18.7 Å². The first kappa shape index (κ1) is 15.2. The van der Waals surface area contributed by atoms with E-state index in [0.29, 0.717) is 19.1 Å². The maximum absolute atomic E-state index is 10.7. The second-order valence-electron chi connectivity index (χ2n) is 3.72. The summed E-state index contributed by atoms with van der Waals surface area (Å²) in [6.45, 7) is 6.35. The van der Waals surface area contributed by atoms with Gasteiger partial charge in [-0.2, -0.15) is 0 Å². The molecule has 0 fully saturated rings. The Kier molecular flexibility index (Phi) is 7.52. The molecule has 0 rings (SSSR count). The Morgan fingerprint density at radius 3 is 2.33 bits per heavy atom. The molecule has 0 radical (unpaired) electrons. The van der Waals surface area contributed by atoms with Crippen molar-refractivity contribution in [2.45, 2.75) is 26.3 Å². The lowest BCUT2D eigenvalue weighted by atomic mass is 10.3. The van der Waals surface area contributed by atoms with Crippen molar-refractivity contribution in [3.63, 3.8) is 0 Å². The molecule has 0 bridgehead atoms. The molecular weight excluding hydrogens is 238 g/mol. The number of methoxy groups -OCH3 is 1. The summed E-state index contributed by atoms with van der Waals surface area (Å²) < 4.78 is 26.4. The van der Waals surface area contributed by atoms with Crippen molar-refractivity contribution in [1.82, 2.24) is 4.90 Å². The Hall–Kier alpha value is 0.160. The van der Waals surface area contributed by atoms with E-state index in [1.807, 2.05) is 0 Å². The van der Waals surface area contributed by atoms with Crippen LogP contribution in [0.5, 0.6) is 0 Å². The van der Waals surface area contributed by atoms with Gasteiger partial charge in [-0.15, -0.1) is 0 Å². The number of ether oxygens (including phenoxy) is 1. The summed E-state index contributed by atoms with van der Waals surface area (Å²) in [7, 11) is 3.43. The maximum Gasteiger partial charge on any atom is 0.232 e. The molecule has 0 aliphatic rings. The molecule has 0 atom stereocenters. The molecule has 0 aromatic rings. The minimum absolute atomic E-state index is 0.0325. The van der Waals surface area contributed by atoms with Gasteiger partial charge in [-0.05, 0) is 26.8 Å². The second kappa shape index (κ2) is 7.44. The van der Waals surface area contributed by atoms with Gasteiger partial charge in [0.15, 0.2) is 0 Å². The summed E-state index contributed by atoms with van der Waals surface area (Å²) in [5, 5.41) is 0. The van der Waals surface area contributed by atoms with Crippen molar-refractivity contribution in [3.05, 3.63) is 0 Å². The molecule has 0 amide bonds. The standard InChI is InChI=1S/C9H20ClNO3S/c1-9(2)11(6-7-14-3)5-4-8-15(10,12)13/h9H,4-8H2,1-3H3. The fourth-order valence-corrected chi connectivity index (χ4v) is 2.08. The maximum atomic E-state index is 10.7. The van der Waals surface area contributed by atoms with E-state index in [-0.39, 0.29) is 5.75 Å². The highest BCUT2D eigenvalue weighted by molar-refractivity contribution is 8.13. The van der Waals surface area contributed by atoms with Gasteiger partial charge in [0.1, 0.15) is 0 Å². The van der Waals surface area contributed by atoms with Crippen LogP contribution in [0.4, 0.5) is 0 Å². The van der Waals surface area contributed by atoms with Crippen molar-refractivity contribution in [3.8, 4) is 0 Å². The van der Waals surface area contributed by atoms with E-state index >= 15 is 0 Å². The first-order valence-electron chi connectivity index (χ1n) is 5.02. The average Bonchev–Trinajstić information content (AvgIpc) is 2.08. The van der Waals surface area contributed by atoms with Crippen LogP contribution in [-0.2, 0) is 13.8 Å². The van der Waals surface area contributed by atoms with Gasteiger partial charge >= 0.3 is 0 Å². The molecule has 4 nitrogen and oxygen atoms in total. The minimum Gasteiger partial charge on any atom is -0.383 e. The molecule has 0 heterocycles. The minimum atomic E-state index is -3.35. The predicted molar refractivity (Wildman–Crippen MR) is 62.8 cm³/mol. The average molecular weight is 258 g/mol. The third-order valence-corrected chi connectivity index (χ3v) is 3.39. The van der Waals surface area contributed by atoms with Gasteiger partial charge in [-0.3, -0.25) is 4.90 Å². The lowest BCUT2D eigenvalue weighted by Crippen LogP contribution is -2.35. The van der Waals surface area contributed by atoms with Gasteiger partial charge in [-0.1, -0.05) is 0 Å². The summed E-state index contributed by atoms with van der Waals surface area (Å²) in [6, 6.07) is 0.387. The van der Waals surface area contributed by atoms with Gasteiger partial charge in [0.05, 0.1) is 12.4 Å². The van der Waals surface area contributed by atoms with E-state index < -0.39 is 9.05 Å². The molecule has 92 valence electrons. The topological polar surface area (TPSA) is 46.6 Å². The number of halogens is 1. The van der Waals surface area contributed by atoms with Crippen LogP contribution in [0, 0.1) is 0 Å². The van der Waals surface area contributed by atoms with Gasteiger partial charge < -0.3 is 4.74 Å². The molecule has 0 unspecified atom stereocenters. The normalized spacial score (nSPS) is 12.7. The predicted octanol–water partition coefficient (Wildman–Crippen LogP) is 1.30. The SMILES string of the molecule is COCCN(CCCS(=O)(=O)Cl)C(C)C. The van der Waals surface area contributed by atoms with Crippen molar-refractivity contribution >= 4 is 19.7 Å². The van der Waals surface area contributed by atoms with Crippen molar-refractivity contribution in [2.75, 3.05) is 32.6 Å². The van der Waals surface area contributed by atoms with Crippen LogP contribution in [-0.4, -0.2) is 51.9 Å². The van der Waals surface area contributed by atoms with Crippen LogP contribution in [0.3, 0.4) is 0 Å². The Morgan fingerprint density at radius 1 is 1.33 bits per heavy atom. The smallest absolute Gasteiger partial charge is 0.232 e. The number of hydrogen-bond donors (Lipinski definition) is 0. The van der Waals surface area contributed by atoms with E-state index in [9.17, 15) is 8.42 Å². The lowest BCUT2D eigenvalue weighted by molar-refractivity contribution is 0.130. The van der Waals surface area contributed by atoms with Crippen LogP contribution >= 0.6 is 10.7 Å². The molecule has 0 N–H and O–H groups in total. The van der Waals surface area contributed by atoms with E-state index in [1.165, 1.54) is 0 Å². The van der Waals surface area contributed by atoms with Gasteiger partial charge in [0.25, 0.3) is 0 Å². The molecular formula is C9H20ClNO3S. The Morgan fingerprint density at radius 2 is 1.93 bits per heavy atom. The zero-order valence-corrected chi connectivity index (χ0v) is 11.1. The van der Waals surface area contributed by atoms with Crippen LogP contribution in [0.15, 0.2) is 0 Å². The largest absolute Gasteiger partial charge is 0.383 e. The number of nitrogens with zero attached hydrogens (tertiary/aromatic N) is 1. The summed E-state index contributed by atoms with van der Waals surface area (Å²) in [5.41, 5.74) is 0. The highest BCUT2D eigenvalue weighted by Crippen LogP contribution is 2.03. The van der Waals surface area contributed by atoms with Crippen LogP contribution in [0.2, 0.25) is 0 Å². The first-order valence-corrected chi connectivity index (χ1v) is 7.50. The number of hydrogen-bond acceptors (Lipinski definition) is 4. The fourth-order valence-electron chi connectivity index (χ4n) is 1.28. The molecule has 0 aliphatic carbocycles. The highest BCUT2D eigenvalue weighted by Gasteiger charge is 2.11. The second-order valence-corrected chi connectivity index (χ2v) is 6.62. The van der Waals surface area contributed by atoms with E-state index in [1.54, 1.807) is 7.11 Å². The molecule has 15 heavy (non-hydrogen) atoms. The van der Waals surface area contributed by atoms with Crippen LogP contribution < -0.4 is 0 Å². The molecule has 0 saturated heterocycles. The van der Waals surface area contributed by atoms with Crippen LogP contribution in [0.25, 0.3) is 0 Å². The molecule has 0 saturated carbocycles. The lowest BCUT2D eigenvalue weighted by Gasteiger charge is -2.25. The third-order valence-electron chi connectivity index (χ3n) is 2.15. The number of rotatable bonds is 8. The Labute approximate surface area is 97.0 Å². The summed E-state index contributed by atoms with van der Waals surface area (Å²) >= 11 is 0. The Bertz CT molecular complexity index is 254. The first-order chi connectivity index (χ1) is 6.87. The fraction of sp³-hybridized carbons (Fsp3) is 1.00. The van der Waals surface area contributed by atoms with Crippen LogP contribution in [0.1, 0.15) is 20.3 Å². The van der Waals surface area contributed by atoms with E-state index in [0.717, 1.165) is 13.1 Å². The molecule has 0 aromatic carbocycles. The summed E-state index contributed by atoms with van der Waals surface area (Å²) in [4.78, 5) is 2.17. The monoisotopic (exact) mass is 257 g/mol. The molecule has 0 spiro atoms. The molecule has 0 aliphatic heterocycles. The van der Waals surface area contributed by atoms with Gasteiger partial charge in [0, 0.05) is 30.4 Å². The van der Waals surface area contributed by atoms with Crippen molar-refractivity contribution in [1.29, 1.82) is 0 Å². The highest BCUT2D eigenvalue weighted by atomic mass is 35.7. The van der Waals surface area contributed by atoms with Crippen molar-refractivity contribution in [2.24, 2.45) is 0 Å². The molecule has 0 aromatic heterocycles. The Balaban J connectivity index is 3.86. The summed E-state index contributed by atoms with van der Waals surface area (Å²) in [5.74, 6) is 0.0325. The van der Waals surface area contributed by atoms with E-state index in [4.69, 9.17) is 15.4 Å². The zero-order valence-electron chi connectivity index (χ0n) is 9.57. The zero-order chi connectivity index (χ0) is 11.9.